The standard InChI is InChI=1S/C18H16F3N3O3/c1-2-15(25)22-12-6-3-11(4-7-12)5-10-16(26)23-13-8-9-14(18(19,20)21)24-17(13)27/h2-4,6-9H,1,5,10H2,(H,22,25)(H,23,26)(H,24,27). The van der Waals surface area contributed by atoms with Gasteiger partial charge < -0.3 is 15.6 Å². The summed E-state index contributed by atoms with van der Waals surface area (Å²) in [5.74, 6) is -0.854. The lowest BCUT2D eigenvalue weighted by atomic mass is 10.1. The van der Waals surface area contributed by atoms with Crippen LogP contribution in [0.15, 0.2) is 53.8 Å². The summed E-state index contributed by atoms with van der Waals surface area (Å²) in [7, 11) is 0. The minimum Gasteiger partial charge on any atom is -0.323 e. The average molecular weight is 379 g/mol. The van der Waals surface area contributed by atoms with Gasteiger partial charge in [-0.15, -0.1) is 0 Å². The lowest BCUT2D eigenvalue weighted by Gasteiger charge is -2.08. The lowest BCUT2D eigenvalue weighted by Crippen LogP contribution is -2.22. The molecule has 1 aromatic carbocycles. The highest BCUT2D eigenvalue weighted by atomic mass is 19.4. The summed E-state index contributed by atoms with van der Waals surface area (Å²) >= 11 is 0. The molecule has 27 heavy (non-hydrogen) atoms. The van der Waals surface area contributed by atoms with Gasteiger partial charge in [-0.2, -0.15) is 13.2 Å². The Hall–Kier alpha value is -3.36. The van der Waals surface area contributed by atoms with Crippen LogP contribution in [-0.4, -0.2) is 16.8 Å². The maximum absolute atomic E-state index is 12.5. The molecular weight excluding hydrogens is 363 g/mol. The first-order valence-electron chi connectivity index (χ1n) is 7.82. The number of hydrogen-bond acceptors (Lipinski definition) is 3. The van der Waals surface area contributed by atoms with E-state index in [-0.39, 0.29) is 18.0 Å². The molecular formula is C18H16F3N3O3. The quantitative estimate of drug-likeness (QED) is 0.674. The van der Waals surface area contributed by atoms with Gasteiger partial charge in [-0.3, -0.25) is 14.4 Å². The van der Waals surface area contributed by atoms with E-state index in [2.05, 4.69) is 17.2 Å². The summed E-state index contributed by atoms with van der Waals surface area (Å²) in [4.78, 5) is 36.4. The molecule has 2 aromatic rings. The van der Waals surface area contributed by atoms with Crippen LogP contribution in [0.2, 0.25) is 0 Å². The van der Waals surface area contributed by atoms with E-state index in [9.17, 15) is 27.6 Å². The lowest BCUT2D eigenvalue weighted by molar-refractivity contribution is -0.141. The zero-order valence-corrected chi connectivity index (χ0v) is 14.0. The van der Waals surface area contributed by atoms with E-state index >= 15 is 0 Å². The van der Waals surface area contributed by atoms with Crippen molar-refractivity contribution in [3.8, 4) is 0 Å². The number of rotatable bonds is 6. The fraction of sp³-hybridized carbons (Fsp3) is 0.167. The van der Waals surface area contributed by atoms with Gasteiger partial charge >= 0.3 is 6.18 Å². The molecule has 142 valence electrons. The fourth-order valence-electron chi connectivity index (χ4n) is 2.16. The molecule has 0 atom stereocenters. The van der Waals surface area contributed by atoms with E-state index in [0.717, 1.165) is 17.7 Å². The van der Waals surface area contributed by atoms with Crippen molar-refractivity contribution in [1.82, 2.24) is 4.98 Å². The molecule has 6 nitrogen and oxygen atoms in total. The number of amides is 2. The number of aromatic nitrogens is 1. The molecule has 0 fully saturated rings. The topological polar surface area (TPSA) is 91.1 Å². The third-order valence-electron chi connectivity index (χ3n) is 3.54. The first-order chi connectivity index (χ1) is 12.7. The molecule has 0 saturated carbocycles. The predicted octanol–water partition coefficient (Wildman–Crippen LogP) is 3.09. The fourth-order valence-corrected chi connectivity index (χ4v) is 2.16. The van der Waals surface area contributed by atoms with E-state index < -0.39 is 23.3 Å². The molecule has 0 radical (unpaired) electrons. The van der Waals surface area contributed by atoms with E-state index in [0.29, 0.717) is 18.2 Å². The van der Waals surface area contributed by atoms with Gasteiger partial charge in [0.2, 0.25) is 11.8 Å². The van der Waals surface area contributed by atoms with Crippen LogP contribution >= 0.6 is 0 Å². The summed E-state index contributed by atoms with van der Waals surface area (Å²) in [5, 5.41) is 4.87. The molecule has 0 spiro atoms. The first kappa shape index (κ1) is 20.0. The maximum atomic E-state index is 12.5. The molecule has 0 aliphatic carbocycles. The Morgan fingerprint density at radius 3 is 2.30 bits per heavy atom. The monoisotopic (exact) mass is 379 g/mol. The molecule has 0 saturated heterocycles. The highest BCUT2D eigenvalue weighted by Crippen LogP contribution is 2.26. The molecule has 0 aliphatic rings. The number of carbonyl (C=O) groups excluding carboxylic acids is 2. The molecule has 0 aliphatic heterocycles. The van der Waals surface area contributed by atoms with E-state index in [1.54, 1.807) is 29.2 Å². The number of halogens is 3. The van der Waals surface area contributed by atoms with Crippen molar-refractivity contribution in [3.63, 3.8) is 0 Å². The molecule has 2 amide bonds. The zero-order chi connectivity index (χ0) is 20.0. The maximum Gasteiger partial charge on any atom is 0.431 e. The number of alkyl halides is 3. The van der Waals surface area contributed by atoms with E-state index in [1.807, 2.05) is 0 Å². The Kier molecular flexibility index (Phi) is 6.17. The first-order valence-corrected chi connectivity index (χ1v) is 7.82. The van der Waals surface area contributed by atoms with Crippen molar-refractivity contribution in [2.24, 2.45) is 0 Å². The van der Waals surface area contributed by atoms with Crippen LogP contribution in [0.4, 0.5) is 24.5 Å². The minimum atomic E-state index is -4.67. The third-order valence-corrected chi connectivity index (χ3v) is 3.54. The van der Waals surface area contributed by atoms with Crippen molar-refractivity contribution in [3.05, 3.63) is 70.7 Å². The number of aryl methyl sites for hydroxylation is 1. The van der Waals surface area contributed by atoms with Crippen LogP contribution in [0.5, 0.6) is 0 Å². The van der Waals surface area contributed by atoms with Gasteiger partial charge in [0, 0.05) is 12.1 Å². The molecule has 9 heteroatoms. The van der Waals surface area contributed by atoms with Crippen molar-refractivity contribution < 1.29 is 22.8 Å². The number of pyridine rings is 1. The molecule has 1 heterocycles. The molecule has 2 rings (SSSR count). The highest BCUT2D eigenvalue weighted by molar-refractivity contribution is 5.98. The second-order valence-corrected chi connectivity index (χ2v) is 5.55. The van der Waals surface area contributed by atoms with Gasteiger partial charge in [-0.05, 0) is 42.3 Å². The van der Waals surface area contributed by atoms with Gasteiger partial charge in [-0.1, -0.05) is 18.7 Å². The summed E-state index contributed by atoms with van der Waals surface area (Å²) in [6.45, 7) is 3.34. The molecule has 0 unspecified atom stereocenters. The van der Waals surface area contributed by atoms with Crippen molar-refractivity contribution in [1.29, 1.82) is 0 Å². The van der Waals surface area contributed by atoms with Crippen LogP contribution in [-0.2, 0) is 22.2 Å². The van der Waals surface area contributed by atoms with Crippen LogP contribution < -0.4 is 16.2 Å². The number of H-pyrrole nitrogens is 1. The second kappa shape index (κ2) is 8.35. The Labute approximate surface area is 152 Å². The zero-order valence-electron chi connectivity index (χ0n) is 14.0. The molecule has 1 aromatic heterocycles. The summed E-state index contributed by atoms with van der Waals surface area (Å²) in [6, 6.07) is 8.36. The normalized spacial score (nSPS) is 10.9. The van der Waals surface area contributed by atoms with Gasteiger partial charge in [0.05, 0.1) is 0 Å². The minimum absolute atomic E-state index is 0.0266. The summed E-state index contributed by atoms with van der Waals surface area (Å²) < 4.78 is 37.5. The van der Waals surface area contributed by atoms with Crippen LogP contribution in [0.25, 0.3) is 0 Å². The van der Waals surface area contributed by atoms with E-state index in [1.165, 1.54) is 0 Å². The number of anilines is 2. The SMILES string of the molecule is C=CC(=O)Nc1ccc(CCC(=O)Nc2ccc(C(F)(F)F)[nH]c2=O)cc1. The van der Waals surface area contributed by atoms with E-state index in [4.69, 9.17) is 0 Å². The van der Waals surface area contributed by atoms with Crippen molar-refractivity contribution in [2.45, 2.75) is 19.0 Å². The van der Waals surface area contributed by atoms with Crippen molar-refractivity contribution >= 4 is 23.2 Å². The summed E-state index contributed by atoms with van der Waals surface area (Å²) in [6.07, 6.45) is -3.15. The number of carbonyl (C=O) groups is 2. The van der Waals surface area contributed by atoms with Crippen LogP contribution in [0, 0.1) is 0 Å². The Morgan fingerprint density at radius 1 is 1.07 bits per heavy atom. The highest BCUT2D eigenvalue weighted by Gasteiger charge is 2.31. The van der Waals surface area contributed by atoms with Gasteiger partial charge in [0.1, 0.15) is 11.4 Å². The Bertz CT molecular complexity index is 903. The molecule has 3 N–H and O–H groups in total. The second-order valence-electron chi connectivity index (χ2n) is 5.55. The molecule has 0 bridgehead atoms. The van der Waals surface area contributed by atoms with Gasteiger partial charge in [-0.25, -0.2) is 0 Å². The van der Waals surface area contributed by atoms with Crippen LogP contribution in [0.1, 0.15) is 17.7 Å². The summed E-state index contributed by atoms with van der Waals surface area (Å²) in [5.41, 5.74) is -1.09. The Balaban J connectivity index is 1.92. The largest absolute Gasteiger partial charge is 0.431 e. The smallest absolute Gasteiger partial charge is 0.323 e. The van der Waals surface area contributed by atoms with Crippen molar-refractivity contribution in [2.75, 3.05) is 10.6 Å². The number of nitrogens with one attached hydrogen (secondary N) is 3. The number of aromatic amines is 1. The van der Waals surface area contributed by atoms with Gasteiger partial charge in [0.15, 0.2) is 0 Å². The van der Waals surface area contributed by atoms with Crippen LogP contribution in [0.3, 0.4) is 0 Å². The van der Waals surface area contributed by atoms with Gasteiger partial charge in [0.25, 0.3) is 5.56 Å². The Morgan fingerprint density at radius 2 is 1.74 bits per heavy atom. The predicted molar refractivity (Wildman–Crippen MR) is 94.3 cm³/mol. The number of hydrogen-bond donors (Lipinski definition) is 3. The average Bonchev–Trinajstić information content (AvgIpc) is 2.62. The number of benzene rings is 1. The third kappa shape index (κ3) is 5.84.